The molecular formula is C13H7ClN4S. The van der Waals surface area contributed by atoms with E-state index in [0.29, 0.717) is 11.4 Å². The Morgan fingerprint density at radius 1 is 1.26 bits per heavy atom. The standard InChI is InChI=1S/C13H7ClN4S/c14-13-17-11(10-4-5-19-12(10)18-13)16-9-3-1-2-8(6-9)7-15/h1-6H,(H,16,17,18). The molecule has 0 aliphatic heterocycles. The predicted molar refractivity (Wildman–Crippen MR) is 76.9 cm³/mol. The van der Waals surface area contributed by atoms with Crippen molar-refractivity contribution in [2.45, 2.75) is 0 Å². The molecule has 2 heterocycles. The summed E-state index contributed by atoms with van der Waals surface area (Å²) < 4.78 is 0. The van der Waals surface area contributed by atoms with Crippen LogP contribution in [0.3, 0.4) is 0 Å². The molecule has 0 aliphatic carbocycles. The summed E-state index contributed by atoms with van der Waals surface area (Å²) in [4.78, 5) is 9.18. The van der Waals surface area contributed by atoms with Gasteiger partial charge in [0.25, 0.3) is 0 Å². The lowest BCUT2D eigenvalue weighted by atomic mass is 10.2. The van der Waals surface area contributed by atoms with E-state index in [2.05, 4.69) is 21.4 Å². The van der Waals surface area contributed by atoms with Gasteiger partial charge in [-0.2, -0.15) is 10.2 Å². The summed E-state index contributed by atoms with van der Waals surface area (Å²) >= 11 is 7.40. The molecule has 0 atom stereocenters. The van der Waals surface area contributed by atoms with E-state index in [9.17, 15) is 0 Å². The number of hydrogen-bond donors (Lipinski definition) is 1. The van der Waals surface area contributed by atoms with Gasteiger partial charge in [-0.25, -0.2) is 4.98 Å². The third-order valence-corrected chi connectivity index (χ3v) is 3.53. The zero-order valence-electron chi connectivity index (χ0n) is 9.59. The van der Waals surface area contributed by atoms with Crippen molar-refractivity contribution in [2.24, 2.45) is 0 Å². The minimum atomic E-state index is 0.203. The van der Waals surface area contributed by atoms with E-state index in [4.69, 9.17) is 16.9 Å². The molecular weight excluding hydrogens is 280 g/mol. The van der Waals surface area contributed by atoms with Gasteiger partial charge in [-0.1, -0.05) is 6.07 Å². The van der Waals surface area contributed by atoms with Gasteiger partial charge in [-0.05, 0) is 41.2 Å². The fraction of sp³-hybridized carbons (Fsp3) is 0. The first-order valence-corrected chi connectivity index (χ1v) is 6.70. The largest absolute Gasteiger partial charge is 0.340 e. The molecule has 92 valence electrons. The molecule has 0 unspecified atom stereocenters. The monoisotopic (exact) mass is 286 g/mol. The Morgan fingerprint density at radius 3 is 3.00 bits per heavy atom. The highest BCUT2D eigenvalue weighted by Crippen LogP contribution is 2.28. The van der Waals surface area contributed by atoms with Gasteiger partial charge in [0.15, 0.2) is 0 Å². The average molecular weight is 287 g/mol. The summed E-state index contributed by atoms with van der Waals surface area (Å²) in [6, 6.07) is 11.2. The van der Waals surface area contributed by atoms with Crippen LogP contribution in [0.4, 0.5) is 11.5 Å². The summed E-state index contributed by atoms with van der Waals surface area (Å²) in [5, 5.41) is 15.1. The second kappa shape index (κ2) is 4.84. The molecule has 3 rings (SSSR count). The van der Waals surface area contributed by atoms with Gasteiger partial charge < -0.3 is 5.32 Å². The van der Waals surface area contributed by atoms with E-state index < -0.39 is 0 Å². The van der Waals surface area contributed by atoms with E-state index in [0.717, 1.165) is 15.9 Å². The number of thiophene rings is 1. The van der Waals surface area contributed by atoms with E-state index >= 15 is 0 Å². The summed E-state index contributed by atoms with van der Waals surface area (Å²) in [5.74, 6) is 0.645. The van der Waals surface area contributed by atoms with Crippen LogP contribution in [-0.4, -0.2) is 9.97 Å². The molecule has 0 fully saturated rings. The lowest BCUT2D eigenvalue weighted by Crippen LogP contribution is -1.96. The average Bonchev–Trinajstić information content (AvgIpc) is 2.87. The highest BCUT2D eigenvalue weighted by atomic mass is 35.5. The molecule has 6 heteroatoms. The number of aromatic nitrogens is 2. The first-order valence-electron chi connectivity index (χ1n) is 5.44. The molecule has 0 bridgehead atoms. The Morgan fingerprint density at radius 2 is 2.16 bits per heavy atom. The Labute approximate surface area is 118 Å². The van der Waals surface area contributed by atoms with E-state index in [1.807, 2.05) is 23.6 Å². The van der Waals surface area contributed by atoms with Crippen LogP contribution >= 0.6 is 22.9 Å². The van der Waals surface area contributed by atoms with Crippen LogP contribution in [0.1, 0.15) is 5.56 Å². The van der Waals surface area contributed by atoms with Crippen LogP contribution in [0.15, 0.2) is 35.7 Å². The molecule has 0 saturated heterocycles. The second-order valence-electron chi connectivity index (χ2n) is 3.80. The Kier molecular flexibility index (Phi) is 3.03. The maximum atomic E-state index is 8.89. The van der Waals surface area contributed by atoms with Crippen molar-refractivity contribution in [3.8, 4) is 6.07 Å². The fourth-order valence-corrected chi connectivity index (χ4v) is 2.71. The van der Waals surface area contributed by atoms with Crippen LogP contribution in [0, 0.1) is 11.3 Å². The number of anilines is 2. The van der Waals surface area contributed by atoms with Gasteiger partial charge in [0.05, 0.1) is 17.0 Å². The molecule has 0 radical (unpaired) electrons. The first kappa shape index (κ1) is 11.9. The molecule has 0 amide bonds. The summed E-state index contributed by atoms with van der Waals surface area (Å²) in [6.45, 7) is 0. The molecule has 1 N–H and O–H groups in total. The number of benzene rings is 1. The van der Waals surface area contributed by atoms with E-state index in [1.54, 1.807) is 12.1 Å². The van der Waals surface area contributed by atoms with Crippen molar-refractivity contribution in [3.05, 3.63) is 46.6 Å². The molecule has 0 saturated carbocycles. The third kappa shape index (κ3) is 2.36. The number of hydrogen-bond acceptors (Lipinski definition) is 5. The lowest BCUT2D eigenvalue weighted by molar-refractivity contribution is 1.23. The summed E-state index contributed by atoms with van der Waals surface area (Å²) in [6.07, 6.45) is 0. The topological polar surface area (TPSA) is 61.6 Å². The van der Waals surface area contributed by atoms with Gasteiger partial charge in [0, 0.05) is 5.69 Å². The molecule has 3 aromatic rings. The number of nitrogens with one attached hydrogen (secondary N) is 1. The van der Waals surface area contributed by atoms with Crippen molar-refractivity contribution in [1.29, 1.82) is 5.26 Å². The highest BCUT2D eigenvalue weighted by Gasteiger charge is 2.08. The van der Waals surface area contributed by atoms with Gasteiger partial charge in [0.1, 0.15) is 10.6 Å². The van der Waals surface area contributed by atoms with Crippen LogP contribution in [-0.2, 0) is 0 Å². The Hall–Kier alpha value is -2.16. The number of fused-ring (bicyclic) bond motifs is 1. The van der Waals surface area contributed by atoms with E-state index in [1.165, 1.54) is 11.3 Å². The fourth-order valence-electron chi connectivity index (χ4n) is 1.73. The van der Waals surface area contributed by atoms with Gasteiger partial charge in [0.2, 0.25) is 5.28 Å². The van der Waals surface area contributed by atoms with Crippen molar-refractivity contribution in [1.82, 2.24) is 9.97 Å². The molecule has 1 aromatic carbocycles. The van der Waals surface area contributed by atoms with Gasteiger partial charge >= 0.3 is 0 Å². The number of nitrogens with zero attached hydrogens (tertiary/aromatic N) is 3. The van der Waals surface area contributed by atoms with Crippen molar-refractivity contribution in [3.63, 3.8) is 0 Å². The normalized spacial score (nSPS) is 10.3. The zero-order chi connectivity index (χ0) is 13.2. The molecule has 0 spiro atoms. The van der Waals surface area contributed by atoms with Crippen LogP contribution in [0.25, 0.3) is 10.2 Å². The minimum Gasteiger partial charge on any atom is -0.340 e. The SMILES string of the molecule is N#Cc1cccc(Nc2nc(Cl)nc3sccc23)c1. The minimum absolute atomic E-state index is 0.203. The number of nitriles is 1. The Bertz CT molecular complexity index is 791. The van der Waals surface area contributed by atoms with Gasteiger partial charge in [-0.15, -0.1) is 11.3 Å². The predicted octanol–water partition coefficient (Wildman–Crippen LogP) is 3.96. The smallest absolute Gasteiger partial charge is 0.225 e. The quantitative estimate of drug-likeness (QED) is 0.724. The van der Waals surface area contributed by atoms with Gasteiger partial charge in [-0.3, -0.25) is 0 Å². The summed E-state index contributed by atoms with van der Waals surface area (Å²) in [7, 11) is 0. The molecule has 19 heavy (non-hydrogen) atoms. The summed E-state index contributed by atoms with van der Waals surface area (Å²) in [5.41, 5.74) is 1.38. The van der Waals surface area contributed by atoms with E-state index in [-0.39, 0.29) is 5.28 Å². The molecule has 0 aliphatic rings. The van der Waals surface area contributed by atoms with Crippen LogP contribution in [0.5, 0.6) is 0 Å². The lowest BCUT2D eigenvalue weighted by Gasteiger charge is -2.07. The van der Waals surface area contributed by atoms with Crippen molar-refractivity contribution in [2.75, 3.05) is 5.32 Å². The molecule has 2 aromatic heterocycles. The third-order valence-electron chi connectivity index (χ3n) is 2.55. The maximum absolute atomic E-state index is 8.89. The highest BCUT2D eigenvalue weighted by molar-refractivity contribution is 7.16. The Balaban J connectivity index is 2.05. The second-order valence-corrected chi connectivity index (χ2v) is 5.03. The van der Waals surface area contributed by atoms with Crippen molar-refractivity contribution >= 4 is 44.7 Å². The molecule has 4 nitrogen and oxygen atoms in total. The maximum Gasteiger partial charge on any atom is 0.225 e. The zero-order valence-corrected chi connectivity index (χ0v) is 11.2. The van der Waals surface area contributed by atoms with Crippen LogP contribution in [0.2, 0.25) is 5.28 Å². The first-order chi connectivity index (χ1) is 9.26. The van der Waals surface area contributed by atoms with Crippen molar-refractivity contribution < 1.29 is 0 Å². The van der Waals surface area contributed by atoms with Crippen LogP contribution < -0.4 is 5.32 Å². The number of halogens is 1. The number of rotatable bonds is 2.